The SMILES string of the molecule is CCn1c(COc2ccc(F)cc2)nnc1SCC(=O)Nc1cccc(C(C)=O)c1. The molecule has 9 heteroatoms. The zero-order chi connectivity index (χ0) is 21.5. The molecule has 0 atom stereocenters. The van der Waals surface area contributed by atoms with Crippen molar-refractivity contribution >= 4 is 29.1 Å². The van der Waals surface area contributed by atoms with E-state index in [1.807, 2.05) is 11.5 Å². The van der Waals surface area contributed by atoms with E-state index in [-0.39, 0.29) is 29.9 Å². The maximum Gasteiger partial charge on any atom is 0.234 e. The van der Waals surface area contributed by atoms with E-state index in [9.17, 15) is 14.0 Å². The summed E-state index contributed by atoms with van der Waals surface area (Å²) in [5.74, 6) is 0.676. The van der Waals surface area contributed by atoms with Gasteiger partial charge in [0.1, 0.15) is 18.2 Å². The number of aromatic nitrogens is 3. The van der Waals surface area contributed by atoms with Crippen LogP contribution >= 0.6 is 11.8 Å². The summed E-state index contributed by atoms with van der Waals surface area (Å²) in [5.41, 5.74) is 1.11. The van der Waals surface area contributed by atoms with Gasteiger partial charge < -0.3 is 14.6 Å². The number of carbonyl (C=O) groups is 2. The number of amides is 1. The monoisotopic (exact) mass is 428 g/mol. The number of halogens is 1. The molecule has 0 aliphatic rings. The Kier molecular flexibility index (Phi) is 7.18. The van der Waals surface area contributed by atoms with Crippen molar-refractivity contribution in [2.45, 2.75) is 32.2 Å². The van der Waals surface area contributed by atoms with Crippen LogP contribution in [-0.2, 0) is 17.9 Å². The third-order valence-electron chi connectivity index (χ3n) is 4.18. The highest BCUT2D eigenvalue weighted by Gasteiger charge is 2.14. The van der Waals surface area contributed by atoms with Gasteiger partial charge in [-0.15, -0.1) is 10.2 Å². The molecule has 7 nitrogen and oxygen atoms in total. The molecule has 0 aliphatic carbocycles. The summed E-state index contributed by atoms with van der Waals surface area (Å²) >= 11 is 1.26. The molecule has 0 saturated heterocycles. The van der Waals surface area contributed by atoms with E-state index >= 15 is 0 Å². The normalized spacial score (nSPS) is 10.6. The smallest absolute Gasteiger partial charge is 0.234 e. The number of nitrogens with zero attached hydrogens (tertiary/aromatic N) is 3. The number of rotatable bonds is 9. The molecule has 3 aromatic rings. The number of benzene rings is 2. The van der Waals surface area contributed by atoms with Crippen LogP contribution in [0, 0.1) is 5.82 Å². The number of carbonyl (C=O) groups excluding carboxylic acids is 2. The second kappa shape index (κ2) is 10.0. The van der Waals surface area contributed by atoms with Crippen LogP contribution in [0.2, 0.25) is 0 Å². The van der Waals surface area contributed by atoms with Gasteiger partial charge in [-0.25, -0.2) is 4.39 Å². The van der Waals surface area contributed by atoms with Crippen LogP contribution in [0.1, 0.15) is 30.0 Å². The number of hydrogen-bond acceptors (Lipinski definition) is 6. The first kappa shape index (κ1) is 21.5. The Morgan fingerprint density at radius 2 is 1.93 bits per heavy atom. The number of thioether (sulfide) groups is 1. The van der Waals surface area contributed by atoms with Crippen LogP contribution < -0.4 is 10.1 Å². The second-order valence-electron chi connectivity index (χ2n) is 6.36. The molecule has 156 valence electrons. The zero-order valence-electron chi connectivity index (χ0n) is 16.6. The Morgan fingerprint density at radius 3 is 2.63 bits per heavy atom. The average Bonchev–Trinajstić information content (AvgIpc) is 3.14. The van der Waals surface area contributed by atoms with Gasteiger partial charge in [0.2, 0.25) is 5.91 Å². The lowest BCUT2D eigenvalue weighted by molar-refractivity contribution is -0.113. The van der Waals surface area contributed by atoms with Crippen molar-refractivity contribution in [2.24, 2.45) is 0 Å². The Labute approximate surface area is 177 Å². The summed E-state index contributed by atoms with van der Waals surface area (Å²) in [5, 5.41) is 11.7. The van der Waals surface area contributed by atoms with Gasteiger partial charge >= 0.3 is 0 Å². The summed E-state index contributed by atoms with van der Waals surface area (Å²) in [4.78, 5) is 23.7. The Balaban J connectivity index is 1.57. The summed E-state index contributed by atoms with van der Waals surface area (Å²) in [6.45, 7) is 4.21. The molecular formula is C21H21FN4O3S. The van der Waals surface area contributed by atoms with Crippen molar-refractivity contribution in [3.63, 3.8) is 0 Å². The third-order valence-corrected chi connectivity index (χ3v) is 5.14. The molecule has 0 radical (unpaired) electrons. The van der Waals surface area contributed by atoms with E-state index in [2.05, 4.69) is 15.5 Å². The van der Waals surface area contributed by atoms with E-state index in [1.165, 1.54) is 30.8 Å². The summed E-state index contributed by atoms with van der Waals surface area (Å²) in [6, 6.07) is 12.5. The molecule has 0 spiro atoms. The number of nitrogens with one attached hydrogen (secondary N) is 1. The highest BCUT2D eigenvalue weighted by Crippen LogP contribution is 2.20. The van der Waals surface area contributed by atoms with Crippen LogP contribution in [0.15, 0.2) is 53.7 Å². The van der Waals surface area contributed by atoms with Gasteiger partial charge in [0.25, 0.3) is 0 Å². The molecule has 0 bridgehead atoms. The van der Waals surface area contributed by atoms with Gasteiger partial charge in [0, 0.05) is 17.8 Å². The standard InChI is InChI=1S/C21H21FN4O3S/c1-3-26-19(12-29-18-9-7-16(22)8-10-18)24-25-21(26)30-13-20(28)23-17-6-4-5-15(11-17)14(2)27/h4-11H,3,12-13H2,1-2H3,(H,23,28). The highest BCUT2D eigenvalue weighted by atomic mass is 32.2. The fourth-order valence-electron chi connectivity index (χ4n) is 2.67. The molecule has 0 unspecified atom stereocenters. The lowest BCUT2D eigenvalue weighted by Gasteiger charge is -2.09. The minimum Gasteiger partial charge on any atom is -0.486 e. The first-order valence-electron chi connectivity index (χ1n) is 9.30. The minimum atomic E-state index is -0.330. The van der Waals surface area contributed by atoms with Crippen molar-refractivity contribution in [1.82, 2.24) is 14.8 Å². The van der Waals surface area contributed by atoms with Crippen molar-refractivity contribution < 1.29 is 18.7 Å². The van der Waals surface area contributed by atoms with Gasteiger partial charge in [0.15, 0.2) is 16.8 Å². The molecule has 0 fully saturated rings. The quantitative estimate of drug-likeness (QED) is 0.410. The number of hydrogen-bond donors (Lipinski definition) is 1. The third kappa shape index (κ3) is 5.66. The van der Waals surface area contributed by atoms with Gasteiger partial charge in [-0.1, -0.05) is 23.9 Å². The summed E-state index contributed by atoms with van der Waals surface area (Å²) in [7, 11) is 0. The van der Waals surface area contributed by atoms with E-state index < -0.39 is 0 Å². The van der Waals surface area contributed by atoms with E-state index in [0.717, 1.165) is 0 Å². The maximum absolute atomic E-state index is 13.0. The lowest BCUT2D eigenvalue weighted by Crippen LogP contribution is -2.15. The molecule has 30 heavy (non-hydrogen) atoms. The van der Waals surface area contributed by atoms with Crippen molar-refractivity contribution in [3.8, 4) is 5.75 Å². The largest absolute Gasteiger partial charge is 0.486 e. The zero-order valence-corrected chi connectivity index (χ0v) is 17.4. The van der Waals surface area contributed by atoms with E-state index in [0.29, 0.717) is 34.5 Å². The van der Waals surface area contributed by atoms with Crippen LogP contribution in [0.25, 0.3) is 0 Å². The predicted molar refractivity (Wildman–Crippen MR) is 112 cm³/mol. The molecule has 1 amide bonds. The van der Waals surface area contributed by atoms with E-state index in [4.69, 9.17) is 4.74 Å². The average molecular weight is 428 g/mol. The van der Waals surface area contributed by atoms with Crippen LogP contribution in [0.3, 0.4) is 0 Å². The van der Waals surface area contributed by atoms with Crippen molar-refractivity contribution in [1.29, 1.82) is 0 Å². The first-order chi connectivity index (χ1) is 14.5. The highest BCUT2D eigenvalue weighted by molar-refractivity contribution is 7.99. The van der Waals surface area contributed by atoms with Crippen molar-refractivity contribution in [2.75, 3.05) is 11.1 Å². The van der Waals surface area contributed by atoms with Gasteiger partial charge in [-0.05, 0) is 50.2 Å². The summed E-state index contributed by atoms with van der Waals surface area (Å²) in [6.07, 6.45) is 0. The molecule has 0 saturated carbocycles. The fraction of sp³-hybridized carbons (Fsp3) is 0.238. The number of Topliss-reactive ketones (excluding diaryl/α,β-unsaturated/α-hetero) is 1. The Morgan fingerprint density at radius 1 is 1.17 bits per heavy atom. The Bertz CT molecular complexity index is 1040. The van der Waals surface area contributed by atoms with Crippen LogP contribution in [-0.4, -0.2) is 32.2 Å². The fourth-order valence-corrected chi connectivity index (χ4v) is 3.49. The van der Waals surface area contributed by atoms with Crippen LogP contribution in [0.4, 0.5) is 10.1 Å². The van der Waals surface area contributed by atoms with Gasteiger partial charge in [0.05, 0.1) is 5.75 Å². The van der Waals surface area contributed by atoms with Gasteiger partial charge in [-0.2, -0.15) is 0 Å². The maximum atomic E-state index is 13.0. The molecular weight excluding hydrogens is 407 g/mol. The second-order valence-corrected chi connectivity index (χ2v) is 7.30. The summed E-state index contributed by atoms with van der Waals surface area (Å²) < 4.78 is 20.5. The number of ketones is 1. The van der Waals surface area contributed by atoms with Crippen molar-refractivity contribution in [3.05, 3.63) is 65.7 Å². The molecule has 1 N–H and O–H groups in total. The number of ether oxygens (including phenoxy) is 1. The molecule has 1 aromatic heterocycles. The molecule has 2 aromatic carbocycles. The lowest BCUT2D eigenvalue weighted by atomic mass is 10.1. The van der Waals surface area contributed by atoms with E-state index in [1.54, 1.807) is 36.4 Å². The topological polar surface area (TPSA) is 86.1 Å². The first-order valence-corrected chi connectivity index (χ1v) is 10.3. The Hall–Kier alpha value is -3.20. The van der Waals surface area contributed by atoms with Gasteiger partial charge in [-0.3, -0.25) is 9.59 Å². The predicted octanol–water partition coefficient (Wildman–Crippen LogP) is 3.95. The van der Waals surface area contributed by atoms with Crippen LogP contribution in [0.5, 0.6) is 5.75 Å². The minimum absolute atomic E-state index is 0.0630. The number of anilines is 1. The molecule has 0 aliphatic heterocycles. The molecule has 3 rings (SSSR count). The molecule has 1 heterocycles.